The maximum atomic E-state index is 6.23. The van der Waals surface area contributed by atoms with Crippen LogP contribution >= 0.6 is 12.4 Å². The van der Waals surface area contributed by atoms with Gasteiger partial charge in [-0.1, -0.05) is 24.6 Å². The van der Waals surface area contributed by atoms with Crippen LogP contribution in [0.15, 0.2) is 30.5 Å². The van der Waals surface area contributed by atoms with Gasteiger partial charge in [-0.3, -0.25) is 0 Å². The van der Waals surface area contributed by atoms with Crippen LogP contribution in [0.2, 0.25) is 0 Å². The van der Waals surface area contributed by atoms with E-state index < -0.39 is 0 Å². The van der Waals surface area contributed by atoms with E-state index >= 15 is 0 Å². The average Bonchev–Trinajstić information content (AvgIpc) is 2.63. The molecule has 1 unspecified atom stereocenters. The molecule has 0 radical (unpaired) electrons. The lowest BCUT2D eigenvalue weighted by molar-refractivity contribution is 0.615. The molecule has 112 valence electrons. The van der Waals surface area contributed by atoms with Gasteiger partial charge in [0.15, 0.2) is 0 Å². The number of nitrogen functional groups attached to an aromatic ring is 2. The number of benzene rings is 1. The third-order valence-corrected chi connectivity index (χ3v) is 4.09. The van der Waals surface area contributed by atoms with Gasteiger partial charge >= 0.3 is 0 Å². The van der Waals surface area contributed by atoms with E-state index in [1.54, 1.807) is 6.20 Å². The van der Waals surface area contributed by atoms with Crippen LogP contribution in [-0.4, -0.2) is 4.98 Å². The van der Waals surface area contributed by atoms with E-state index in [1.165, 1.54) is 24.0 Å². The number of anilines is 2. The number of fused-ring (bicyclic) bond motifs is 1. The van der Waals surface area contributed by atoms with E-state index in [9.17, 15) is 0 Å². The highest BCUT2D eigenvalue weighted by Gasteiger charge is 2.16. The van der Waals surface area contributed by atoms with E-state index in [4.69, 9.17) is 17.2 Å². The summed E-state index contributed by atoms with van der Waals surface area (Å²) in [5.74, 6) is 0.383. The summed E-state index contributed by atoms with van der Waals surface area (Å²) < 4.78 is 0. The van der Waals surface area contributed by atoms with Crippen LogP contribution in [0.5, 0.6) is 0 Å². The van der Waals surface area contributed by atoms with Gasteiger partial charge in [0, 0.05) is 17.8 Å². The highest BCUT2D eigenvalue weighted by Crippen LogP contribution is 2.33. The second-order valence-electron chi connectivity index (χ2n) is 5.42. The highest BCUT2D eigenvalue weighted by molar-refractivity contribution is 5.85. The van der Waals surface area contributed by atoms with Gasteiger partial charge in [0.25, 0.3) is 0 Å². The summed E-state index contributed by atoms with van der Waals surface area (Å²) in [6, 6.07) is 8.48. The third kappa shape index (κ3) is 2.96. The zero-order valence-corrected chi connectivity index (χ0v) is 12.7. The maximum absolute atomic E-state index is 6.23. The molecule has 6 N–H and O–H groups in total. The first-order valence-corrected chi connectivity index (χ1v) is 7.05. The summed E-state index contributed by atoms with van der Waals surface area (Å²) in [6.45, 7) is 0. The van der Waals surface area contributed by atoms with Gasteiger partial charge < -0.3 is 17.2 Å². The molecule has 21 heavy (non-hydrogen) atoms. The minimum absolute atomic E-state index is 0. The Labute approximate surface area is 131 Å². The summed E-state index contributed by atoms with van der Waals surface area (Å²) in [5.41, 5.74) is 23.2. The topological polar surface area (TPSA) is 90.9 Å². The molecule has 1 heterocycles. The van der Waals surface area contributed by atoms with E-state index in [0.29, 0.717) is 11.5 Å². The SMILES string of the molecule is Cl.Nc1nccc(-c2ccc3c(c2)CCCCC3N)c1N. The van der Waals surface area contributed by atoms with Crippen LogP contribution in [0.3, 0.4) is 0 Å². The van der Waals surface area contributed by atoms with Crippen molar-refractivity contribution in [3.8, 4) is 11.1 Å². The summed E-state index contributed by atoms with van der Waals surface area (Å²) >= 11 is 0. The Balaban J connectivity index is 0.00000161. The van der Waals surface area contributed by atoms with Gasteiger partial charge in [-0.25, -0.2) is 4.98 Å². The summed E-state index contributed by atoms with van der Waals surface area (Å²) in [5, 5.41) is 0. The molecule has 3 rings (SSSR count). The number of nitrogens with zero attached hydrogens (tertiary/aromatic N) is 1. The van der Waals surface area contributed by atoms with E-state index in [2.05, 4.69) is 23.2 Å². The molecule has 1 aliphatic carbocycles. The average molecular weight is 305 g/mol. The molecule has 1 aromatic carbocycles. The Hall–Kier alpha value is -1.78. The molecule has 5 heteroatoms. The van der Waals surface area contributed by atoms with Crippen molar-refractivity contribution in [1.82, 2.24) is 4.98 Å². The summed E-state index contributed by atoms with van der Waals surface area (Å²) in [6.07, 6.45) is 6.22. The molecule has 4 nitrogen and oxygen atoms in total. The molecule has 0 fully saturated rings. The quantitative estimate of drug-likeness (QED) is 0.706. The zero-order chi connectivity index (χ0) is 14.1. The lowest BCUT2D eigenvalue weighted by Gasteiger charge is -2.15. The largest absolute Gasteiger partial charge is 0.395 e. The summed E-state index contributed by atoms with van der Waals surface area (Å²) in [7, 11) is 0. The number of halogens is 1. The minimum Gasteiger partial charge on any atom is -0.395 e. The van der Waals surface area contributed by atoms with Crippen molar-refractivity contribution < 1.29 is 0 Å². The lowest BCUT2D eigenvalue weighted by atomic mass is 9.94. The zero-order valence-electron chi connectivity index (χ0n) is 11.9. The number of nitrogens with two attached hydrogens (primary N) is 3. The third-order valence-electron chi connectivity index (χ3n) is 4.09. The highest BCUT2D eigenvalue weighted by atomic mass is 35.5. The van der Waals surface area contributed by atoms with Gasteiger partial charge in [-0.15, -0.1) is 12.4 Å². The van der Waals surface area contributed by atoms with Crippen LogP contribution < -0.4 is 17.2 Å². The molecule has 1 aliphatic rings. The second kappa shape index (κ2) is 6.33. The number of rotatable bonds is 1. The normalized spacial score (nSPS) is 17.5. The predicted octanol–water partition coefficient (Wildman–Crippen LogP) is 3.06. The van der Waals surface area contributed by atoms with Crippen LogP contribution in [-0.2, 0) is 6.42 Å². The molecular formula is C16H21ClN4. The van der Waals surface area contributed by atoms with Crippen LogP contribution in [0.1, 0.15) is 36.4 Å². The van der Waals surface area contributed by atoms with Gasteiger partial charge in [-0.2, -0.15) is 0 Å². The van der Waals surface area contributed by atoms with Gasteiger partial charge in [0.1, 0.15) is 5.82 Å². The van der Waals surface area contributed by atoms with E-state index in [-0.39, 0.29) is 18.4 Å². The molecule has 0 saturated carbocycles. The molecule has 2 aromatic rings. The Morgan fingerprint density at radius 3 is 2.71 bits per heavy atom. The molecular weight excluding hydrogens is 284 g/mol. The monoisotopic (exact) mass is 304 g/mol. The molecule has 1 atom stereocenters. The predicted molar refractivity (Wildman–Crippen MR) is 90.2 cm³/mol. The van der Waals surface area contributed by atoms with Crippen molar-refractivity contribution in [3.05, 3.63) is 41.6 Å². The van der Waals surface area contributed by atoms with E-state index in [1.807, 2.05) is 6.07 Å². The van der Waals surface area contributed by atoms with Crippen molar-refractivity contribution in [2.75, 3.05) is 11.5 Å². The first-order valence-electron chi connectivity index (χ1n) is 7.05. The molecule has 0 amide bonds. The van der Waals surface area contributed by atoms with Crippen molar-refractivity contribution in [1.29, 1.82) is 0 Å². The number of aryl methyl sites for hydroxylation is 1. The molecule has 1 aromatic heterocycles. The minimum atomic E-state index is 0. The molecule has 0 spiro atoms. The van der Waals surface area contributed by atoms with Gasteiger partial charge in [0.05, 0.1) is 5.69 Å². The van der Waals surface area contributed by atoms with Crippen LogP contribution in [0.25, 0.3) is 11.1 Å². The fourth-order valence-electron chi connectivity index (χ4n) is 2.93. The standard InChI is InChI=1S/C16H20N4.ClH/c17-14-4-2-1-3-10-9-11(5-6-12(10)14)13-7-8-20-16(19)15(13)18;/h5-9,14H,1-4,17-18H2,(H2,19,20);1H. The number of hydrogen-bond acceptors (Lipinski definition) is 4. The fourth-order valence-corrected chi connectivity index (χ4v) is 2.93. The van der Waals surface area contributed by atoms with Crippen molar-refractivity contribution in [2.24, 2.45) is 5.73 Å². The van der Waals surface area contributed by atoms with Crippen molar-refractivity contribution in [2.45, 2.75) is 31.7 Å². The van der Waals surface area contributed by atoms with Gasteiger partial charge in [0.2, 0.25) is 0 Å². The Morgan fingerprint density at radius 2 is 1.90 bits per heavy atom. The first kappa shape index (κ1) is 15.6. The van der Waals surface area contributed by atoms with Crippen LogP contribution in [0, 0.1) is 0 Å². The number of aromatic nitrogens is 1. The first-order chi connectivity index (χ1) is 9.66. The van der Waals surface area contributed by atoms with Crippen molar-refractivity contribution >= 4 is 23.9 Å². The molecule has 0 saturated heterocycles. The molecule has 0 aliphatic heterocycles. The van der Waals surface area contributed by atoms with Crippen LogP contribution in [0.4, 0.5) is 11.5 Å². The maximum Gasteiger partial charge on any atom is 0.147 e. The number of pyridine rings is 1. The Kier molecular flexibility index (Phi) is 4.70. The lowest BCUT2D eigenvalue weighted by Crippen LogP contribution is -2.10. The fraction of sp³-hybridized carbons (Fsp3) is 0.312. The second-order valence-corrected chi connectivity index (χ2v) is 5.42. The molecule has 0 bridgehead atoms. The Morgan fingerprint density at radius 1 is 1.10 bits per heavy atom. The number of hydrogen-bond donors (Lipinski definition) is 3. The summed E-state index contributed by atoms with van der Waals surface area (Å²) in [4.78, 5) is 4.01. The Bertz CT molecular complexity index is 642. The van der Waals surface area contributed by atoms with E-state index in [0.717, 1.165) is 24.0 Å². The van der Waals surface area contributed by atoms with Crippen molar-refractivity contribution in [3.63, 3.8) is 0 Å². The smallest absolute Gasteiger partial charge is 0.147 e. The van der Waals surface area contributed by atoms with Gasteiger partial charge in [-0.05, 0) is 42.0 Å².